The van der Waals surface area contributed by atoms with Crippen LogP contribution in [0.3, 0.4) is 0 Å². The van der Waals surface area contributed by atoms with Gasteiger partial charge in [-0.1, -0.05) is 31.9 Å². The molecule has 0 saturated heterocycles. The van der Waals surface area contributed by atoms with Crippen LogP contribution in [0.2, 0.25) is 0 Å². The molecule has 0 aliphatic carbocycles. The normalized spacial score (nSPS) is 12.6. The first-order valence-electron chi connectivity index (χ1n) is 4.38. The molecule has 0 rings (SSSR count). The Morgan fingerprint density at radius 1 is 1.45 bits per heavy atom. The number of rotatable bonds is 5. The van der Waals surface area contributed by atoms with Gasteiger partial charge in [-0.15, -0.1) is 11.6 Å². The van der Waals surface area contributed by atoms with Crippen LogP contribution in [0.15, 0.2) is 11.6 Å². The summed E-state index contributed by atoms with van der Waals surface area (Å²) in [6, 6.07) is 0. The predicted molar refractivity (Wildman–Crippen MR) is 53.2 cm³/mol. The zero-order valence-corrected chi connectivity index (χ0v) is 8.62. The molecule has 0 nitrogen and oxygen atoms in total. The number of hydrogen-bond donors (Lipinski definition) is 0. The maximum absolute atomic E-state index is 5.56. The minimum atomic E-state index is 0.660. The van der Waals surface area contributed by atoms with E-state index >= 15 is 0 Å². The summed E-state index contributed by atoms with van der Waals surface area (Å²) in [6.45, 7) is 6.68. The first kappa shape index (κ1) is 11.0. The Hall–Kier alpha value is 0.0300. The van der Waals surface area contributed by atoms with Gasteiger partial charge in [0.1, 0.15) is 0 Å². The van der Waals surface area contributed by atoms with Crippen LogP contribution >= 0.6 is 11.6 Å². The smallest absolute Gasteiger partial charge is 0.0406 e. The van der Waals surface area contributed by atoms with Crippen LogP contribution in [-0.2, 0) is 0 Å². The summed E-state index contributed by atoms with van der Waals surface area (Å²) in [5.74, 6) is 1.49. The molecule has 0 unspecified atom stereocenters. The summed E-state index contributed by atoms with van der Waals surface area (Å²) in [7, 11) is 0. The Labute approximate surface area is 75.6 Å². The van der Waals surface area contributed by atoms with E-state index < -0.39 is 0 Å². The van der Waals surface area contributed by atoms with Crippen molar-refractivity contribution in [2.75, 3.05) is 5.88 Å². The highest BCUT2D eigenvalue weighted by atomic mass is 35.5. The molecule has 0 fully saturated rings. The van der Waals surface area contributed by atoms with Gasteiger partial charge in [0, 0.05) is 5.88 Å². The second-order valence-corrected chi connectivity index (χ2v) is 3.80. The third-order valence-corrected chi connectivity index (χ3v) is 1.93. The van der Waals surface area contributed by atoms with Gasteiger partial charge in [0.15, 0.2) is 0 Å². The molecule has 1 heteroatoms. The minimum absolute atomic E-state index is 0.660. The Bertz CT molecular complexity index is 114. The van der Waals surface area contributed by atoms with Crippen LogP contribution < -0.4 is 0 Å². The highest BCUT2D eigenvalue weighted by Crippen LogP contribution is 2.11. The molecule has 0 heterocycles. The topological polar surface area (TPSA) is 0 Å². The third kappa shape index (κ3) is 7.93. The molecule has 0 aromatic rings. The molecule has 0 radical (unpaired) electrons. The van der Waals surface area contributed by atoms with Gasteiger partial charge in [-0.05, 0) is 25.7 Å². The van der Waals surface area contributed by atoms with E-state index in [0.717, 1.165) is 5.92 Å². The van der Waals surface area contributed by atoms with Crippen molar-refractivity contribution in [1.82, 2.24) is 0 Å². The van der Waals surface area contributed by atoms with Crippen molar-refractivity contribution in [2.45, 2.75) is 40.0 Å². The molecule has 0 aromatic heterocycles. The average Bonchev–Trinajstić information content (AvgIpc) is 1.87. The van der Waals surface area contributed by atoms with Crippen molar-refractivity contribution >= 4 is 11.6 Å². The molecule has 11 heavy (non-hydrogen) atoms. The van der Waals surface area contributed by atoms with E-state index in [1.807, 2.05) is 0 Å². The zero-order chi connectivity index (χ0) is 8.69. The third-order valence-electron chi connectivity index (χ3n) is 1.78. The lowest BCUT2D eigenvalue weighted by Gasteiger charge is -2.03. The Balaban J connectivity index is 3.31. The molecule has 0 N–H and O–H groups in total. The number of halogens is 1. The first-order chi connectivity index (χ1) is 5.16. The summed E-state index contributed by atoms with van der Waals surface area (Å²) in [6.07, 6.45) is 5.94. The zero-order valence-electron chi connectivity index (χ0n) is 7.86. The van der Waals surface area contributed by atoms with Crippen molar-refractivity contribution < 1.29 is 0 Å². The van der Waals surface area contributed by atoms with Gasteiger partial charge < -0.3 is 0 Å². The largest absolute Gasteiger partial charge is 0.122 e. The molecule has 0 aliphatic heterocycles. The number of allylic oxidation sites excluding steroid dienone is 2. The van der Waals surface area contributed by atoms with Crippen molar-refractivity contribution in [3.05, 3.63) is 11.6 Å². The highest BCUT2D eigenvalue weighted by Gasteiger charge is 1.94. The fourth-order valence-electron chi connectivity index (χ4n) is 1.02. The van der Waals surface area contributed by atoms with Gasteiger partial charge in [0.2, 0.25) is 0 Å². The first-order valence-corrected chi connectivity index (χ1v) is 4.92. The maximum atomic E-state index is 5.56. The summed E-state index contributed by atoms with van der Waals surface area (Å²) in [5, 5.41) is 0. The van der Waals surface area contributed by atoms with Crippen molar-refractivity contribution in [3.63, 3.8) is 0 Å². The molecule has 0 atom stereocenters. The molecule has 0 aliphatic rings. The van der Waals surface area contributed by atoms with E-state index in [2.05, 4.69) is 26.8 Å². The lowest BCUT2D eigenvalue weighted by molar-refractivity contribution is 0.554. The molecular formula is C10H19Cl. The Morgan fingerprint density at radius 2 is 2.09 bits per heavy atom. The summed E-state index contributed by atoms with van der Waals surface area (Å²) < 4.78 is 0. The molecule has 66 valence electrons. The lowest BCUT2D eigenvalue weighted by atomic mass is 10.0. The predicted octanol–water partition coefficient (Wildman–Crippen LogP) is 4.00. The summed E-state index contributed by atoms with van der Waals surface area (Å²) in [5.41, 5.74) is 1.43. The standard InChI is InChI=1S/C10H19Cl/c1-9(2)5-4-6-10(3)7-8-11/h7,9H,4-6,8H2,1-3H3. The van der Waals surface area contributed by atoms with E-state index in [4.69, 9.17) is 11.6 Å². The van der Waals surface area contributed by atoms with Crippen molar-refractivity contribution in [2.24, 2.45) is 5.92 Å². The van der Waals surface area contributed by atoms with Crippen molar-refractivity contribution in [1.29, 1.82) is 0 Å². The molecular weight excluding hydrogens is 156 g/mol. The number of alkyl halides is 1. The van der Waals surface area contributed by atoms with E-state index in [1.54, 1.807) is 0 Å². The Morgan fingerprint density at radius 3 is 2.55 bits per heavy atom. The molecule has 0 spiro atoms. The van der Waals surface area contributed by atoms with Crippen molar-refractivity contribution in [3.8, 4) is 0 Å². The molecule has 0 amide bonds. The van der Waals surface area contributed by atoms with Crippen LogP contribution in [-0.4, -0.2) is 5.88 Å². The molecule has 0 aromatic carbocycles. The highest BCUT2D eigenvalue weighted by molar-refractivity contribution is 6.18. The van der Waals surface area contributed by atoms with Gasteiger partial charge in [0.05, 0.1) is 0 Å². The van der Waals surface area contributed by atoms with E-state index in [-0.39, 0.29) is 0 Å². The number of hydrogen-bond acceptors (Lipinski definition) is 0. The van der Waals surface area contributed by atoms with Gasteiger partial charge >= 0.3 is 0 Å². The fraction of sp³-hybridized carbons (Fsp3) is 0.800. The summed E-state index contributed by atoms with van der Waals surface area (Å²) in [4.78, 5) is 0. The van der Waals surface area contributed by atoms with Crippen LogP contribution in [0.4, 0.5) is 0 Å². The second kappa shape index (κ2) is 6.72. The Kier molecular flexibility index (Phi) is 6.74. The quantitative estimate of drug-likeness (QED) is 0.437. The van der Waals surface area contributed by atoms with Gasteiger partial charge in [-0.2, -0.15) is 0 Å². The monoisotopic (exact) mass is 174 g/mol. The van der Waals surface area contributed by atoms with Gasteiger partial charge in [0.25, 0.3) is 0 Å². The van der Waals surface area contributed by atoms with E-state index in [9.17, 15) is 0 Å². The molecule has 0 bridgehead atoms. The molecule has 0 saturated carbocycles. The van der Waals surface area contributed by atoms with Crippen LogP contribution in [0.25, 0.3) is 0 Å². The van der Waals surface area contributed by atoms with Gasteiger partial charge in [-0.3, -0.25) is 0 Å². The fourth-order valence-corrected chi connectivity index (χ4v) is 1.29. The maximum Gasteiger partial charge on any atom is 0.0406 e. The van der Waals surface area contributed by atoms with Crippen LogP contribution in [0.5, 0.6) is 0 Å². The SMILES string of the molecule is CC(=CCCl)CCCC(C)C. The van der Waals surface area contributed by atoms with Gasteiger partial charge in [-0.25, -0.2) is 0 Å². The lowest BCUT2D eigenvalue weighted by Crippen LogP contribution is -1.87. The van der Waals surface area contributed by atoms with E-state index in [0.29, 0.717) is 5.88 Å². The van der Waals surface area contributed by atoms with E-state index in [1.165, 1.54) is 24.8 Å². The van der Waals surface area contributed by atoms with Crippen LogP contribution in [0.1, 0.15) is 40.0 Å². The average molecular weight is 175 g/mol. The summed E-state index contributed by atoms with van der Waals surface area (Å²) >= 11 is 5.56. The minimum Gasteiger partial charge on any atom is -0.122 e. The second-order valence-electron chi connectivity index (χ2n) is 3.49. The van der Waals surface area contributed by atoms with Crippen LogP contribution in [0, 0.1) is 5.92 Å².